The number of hydrogen-bond donors (Lipinski definition) is 0. The van der Waals surface area contributed by atoms with E-state index in [0.717, 1.165) is 0 Å². The van der Waals surface area contributed by atoms with Crippen LogP contribution in [0.4, 0.5) is 0 Å². The van der Waals surface area contributed by atoms with E-state index in [-0.39, 0.29) is 5.60 Å². The monoisotopic (exact) mass is 162 g/mol. The van der Waals surface area contributed by atoms with Gasteiger partial charge < -0.3 is 4.74 Å². The Bertz CT molecular complexity index is 302. The Hall–Kier alpha value is -0.820. The van der Waals surface area contributed by atoms with Gasteiger partial charge in [-0.3, -0.25) is 0 Å². The van der Waals surface area contributed by atoms with Crippen molar-refractivity contribution in [3.63, 3.8) is 0 Å². The summed E-state index contributed by atoms with van der Waals surface area (Å²) in [6, 6.07) is 8.52. The van der Waals surface area contributed by atoms with Gasteiger partial charge in [-0.15, -0.1) is 0 Å². The van der Waals surface area contributed by atoms with Crippen molar-refractivity contribution in [1.29, 1.82) is 0 Å². The summed E-state index contributed by atoms with van der Waals surface area (Å²) in [6.07, 6.45) is 0.317. The van der Waals surface area contributed by atoms with E-state index in [9.17, 15) is 0 Å². The van der Waals surface area contributed by atoms with Crippen molar-refractivity contribution in [3.05, 3.63) is 35.4 Å². The maximum Gasteiger partial charge on any atom is 0.112 e. The molecule has 1 atom stereocenters. The summed E-state index contributed by atoms with van der Waals surface area (Å²) in [4.78, 5) is 0. The van der Waals surface area contributed by atoms with E-state index in [4.69, 9.17) is 4.74 Å². The Kier molecular flexibility index (Phi) is 1.52. The van der Waals surface area contributed by atoms with Crippen LogP contribution in [0.2, 0.25) is 0 Å². The highest BCUT2D eigenvalue weighted by atomic mass is 16.6. The molecule has 0 spiro atoms. The van der Waals surface area contributed by atoms with E-state index in [1.807, 2.05) is 0 Å². The van der Waals surface area contributed by atoms with Gasteiger partial charge in [0, 0.05) is 0 Å². The van der Waals surface area contributed by atoms with Crippen LogP contribution in [0.3, 0.4) is 0 Å². The van der Waals surface area contributed by atoms with Crippen molar-refractivity contribution in [2.24, 2.45) is 0 Å². The van der Waals surface area contributed by atoms with Crippen molar-refractivity contribution < 1.29 is 4.74 Å². The van der Waals surface area contributed by atoms with Gasteiger partial charge in [0.25, 0.3) is 0 Å². The molecule has 1 fully saturated rings. The van der Waals surface area contributed by atoms with Crippen LogP contribution in [0.15, 0.2) is 24.3 Å². The zero-order valence-electron chi connectivity index (χ0n) is 7.79. The first-order valence-corrected chi connectivity index (χ1v) is 4.34. The van der Waals surface area contributed by atoms with Gasteiger partial charge in [0.05, 0.1) is 5.60 Å². The smallest absolute Gasteiger partial charge is 0.112 e. The zero-order chi connectivity index (χ0) is 8.77. The second-order valence-electron chi connectivity index (χ2n) is 4.02. The normalized spacial score (nSPS) is 25.4. The third-order valence-corrected chi connectivity index (χ3v) is 2.34. The van der Waals surface area contributed by atoms with Crippen molar-refractivity contribution in [2.75, 3.05) is 0 Å². The van der Waals surface area contributed by atoms with Gasteiger partial charge in [0.2, 0.25) is 0 Å². The maximum atomic E-state index is 5.55. The summed E-state index contributed by atoms with van der Waals surface area (Å²) in [5, 5.41) is 0. The molecule has 0 saturated carbocycles. The number of rotatable bonds is 1. The molecule has 64 valence electrons. The molecule has 0 radical (unpaired) electrons. The fourth-order valence-corrected chi connectivity index (χ4v) is 1.57. The zero-order valence-corrected chi connectivity index (χ0v) is 7.79. The minimum absolute atomic E-state index is 0.0633. The minimum Gasteiger partial charge on any atom is -0.362 e. The molecule has 0 N–H and O–H groups in total. The molecular weight excluding hydrogens is 148 g/mol. The molecule has 1 unspecified atom stereocenters. The predicted molar refractivity (Wildman–Crippen MR) is 49.1 cm³/mol. The number of benzene rings is 1. The van der Waals surface area contributed by atoms with E-state index >= 15 is 0 Å². The molecule has 1 nitrogen and oxygen atoms in total. The van der Waals surface area contributed by atoms with Crippen LogP contribution >= 0.6 is 0 Å². The van der Waals surface area contributed by atoms with Gasteiger partial charge in [0.1, 0.15) is 6.10 Å². The lowest BCUT2D eigenvalue weighted by Crippen LogP contribution is -1.97. The number of epoxide rings is 1. The minimum atomic E-state index is 0.0633. The largest absolute Gasteiger partial charge is 0.362 e. The topological polar surface area (TPSA) is 12.5 Å². The molecule has 1 aliphatic rings. The van der Waals surface area contributed by atoms with E-state index < -0.39 is 0 Å². The lowest BCUT2D eigenvalue weighted by atomic mass is 10.0. The number of hydrogen-bond acceptors (Lipinski definition) is 1. The SMILES string of the molecule is Cc1cccc(C2OC2(C)C)c1. The second-order valence-corrected chi connectivity index (χ2v) is 4.02. The lowest BCUT2D eigenvalue weighted by molar-refractivity contribution is 0.325. The molecule has 1 aromatic carbocycles. The molecule has 0 bridgehead atoms. The van der Waals surface area contributed by atoms with E-state index in [2.05, 4.69) is 45.0 Å². The van der Waals surface area contributed by atoms with Crippen LogP contribution in [0.25, 0.3) is 0 Å². The first kappa shape index (κ1) is 7.81. The summed E-state index contributed by atoms with van der Waals surface area (Å²) in [5.41, 5.74) is 2.67. The average Bonchev–Trinajstić information content (AvgIpc) is 2.60. The second kappa shape index (κ2) is 2.33. The fraction of sp³-hybridized carbons (Fsp3) is 0.455. The van der Waals surface area contributed by atoms with E-state index in [0.29, 0.717) is 6.10 Å². The van der Waals surface area contributed by atoms with Crippen LogP contribution in [-0.4, -0.2) is 5.60 Å². The summed E-state index contributed by atoms with van der Waals surface area (Å²) < 4.78 is 5.55. The van der Waals surface area contributed by atoms with Gasteiger partial charge in [-0.1, -0.05) is 29.8 Å². The highest BCUT2D eigenvalue weighted by Crippen LogP contribution is 2.48. The summed E-state index contributed by atoms with van der Waals surface area (Å²) in [7, 11) is 0. The lowest BCUT2D eigenvalue weighted by Gasteiger charge is -1.98. The van der Waals surface area contributed by atoms with Gasteiger partial charge in [0.15, 0.2) is 0 Å². The van der Waals surface area contributed by atoms with Crippen molar-refractivity contribution in [3.8, 4) is 0 Å². The number of ether oxygens (including phenoxy) is 1. The highest BCUT2D eigenvalue weighted by Gasteiger charge is 2.48. The Morgan fingerprint density at radius 3 is 2.50 bits per heavy atom. The fourth-order valence-electron chi connectivity index (χ4n) is 1.57. The predicted octanol–water partition coefficient (Wildman–Crippen LogP) is 2.84. The Balaban J connectivity index is 2.26. The van der Waals surface area contributed by atoms with Crippen LogP contribution in [0.5, 0.6) is 0 Å². The average molecular weight is 162 g/mol. The molecule has 1 saturated heterocycles. The molecule has 12 heavy (non-hydrogen) atoms. The van der Waals surface area contributed by atoms with Crippen molar-refractivity contribution in [1.82, 2.24) is 0 Å². The van der Waals surface area contributed by atoms with Gasteiger partial charge in [-0.05, 0) is 26.3 Å². The quantitative estimate of drug-likeness (QED) is 0.578. The molecule has 0 aromatic heterocycles. The van der Waals surface area contributed by atoms with Crippen LogP contribution in [-0.2, 0) is 4.74 Å². The molecule has 0 amide bonds. The molecule has 1 aromatic rings. The highest BCUT2D eigenvalue weighted by molar-refractivity contribution is 5.29. The molecule has 1 heteroatoms. The van der Waals surface area contributed by atoms with Gasteiger partial charge in [-0.2, -0.15) is 0 Å². The van der Waals surface area contributed by atoms with Crippen LogP contribution < -0.4 is 0 Å². The first-order valence-electron chi connectivity index (χ1n) is 4.34. The van der Waals surface area contributed by atoms with Crippen LogP contribution in [0.1, 0.15) is 31.1 Å². The van der Waals surface area contributed by atoms with Gasteiger partial charge in [-0.25, -0.2) is 0 Å². The Labute approximate surface area is 73.4 Å². The van der Waals surface area contributed by atoms with Crippen molar-refractivity contribution in [2.45, 2.75) is 32.5 Å². The molecule has 1 aliphatic heterocycles. The number of aryl methyl sites for hydroxylation is 1. The summed E-state index contributed by atoms with van der Waals surface area (Å²) >= 11 is 0. The molecule has 0 aliphatic carbocycles. The maximum absolute atomic E-state index is 5.55. The van der Waals surface area contributed by atoms with Crippen LogP contribution in [0, 0.1) is 6.92 Å². The van der Waals surface area contributed by atoms with Gasteiger partial charge >= 0.3 is 0 Å². The third kappa shape index (κ3) is 1.25. The standard InChI is InChI=1S/C11H14O/c1-8-5-4-6-9(7-8)10-11(2,3)12-10/h4-7,10H,1-3H3. The molecular formula is C11H14O. The summed E-state index contributed by atoms with van der Waals surface area (Å²) in [5.74, 6) is 0. The summed E-state index contributed by atoms with van der Waals surface area (Å²) in [6.45, 7) is 6.36. The van der Waals surface area contributed by atoms with E-state index in [1.165, 1.54) is 11.1 Å². The first-order chi connectivity index (χ1) is 5.59. The van der Waals surface area contributed by atoms with E-state index in [1.54, 1.807) is 0 Å². The molecule has 2 rings (SSSR count). The Morgan fingerprint density at radius 2 is 2.00 bits per heavy atom. The molecule has 1 heterocycles. The van der Waals surface area contributed by atoms with Crippen molar-refractivity contribution >= 4 is 0 Å². The third-order valence-electron chi connectivity index (χ3n) is 2.34. The Morgan fingerprint density at radius 1 is 1.33 bits per heavy atom.